The number of alkyl halides is 3. The summed E-state index contributed by atoms with van der Waals surface area (Å²) in [4.78, 5) is 11.6. The molecule has 0 saturated carbocycles. The number of nitrogens with one attached hydrogen (secondary N) is 2. The van der Waals surface area contributed by atoms with E-state index >= 15 is 0 Å². The zero-order chi connectivity index (χ0) is 18.4. The van der Waals surface area contributed by atoms with Gasteiger partial charge in [-0.05, 0) is 31.5 Å². The van der Waals surface area contributed by atoms with Crippen LogP contribution in [-0.2, 0) is 17.5 Å². The molecule has 2 aromatic heterocycles. The molecule has 3 aromatic rings. The lowest BCUT2D eigenvalue weighted by molar-refractivity contribution is -0.137. The number of aryl methyl sites for hydroxylation is 1. The number of amides is 1. The molecule has 2 N–H and O–H groups in total. The van der Waals surface area contributed by atoms with Gasteiger partial charge in [-0.25, -0.2) is 0 Å². The van der Waals surface area contributed by atoms with E-state index in [4.69, 9.17) is 0 Å². The molecule has 0 fully saturated rings. The molecule has 0 bridgehead atoms. The fourth-order valence-corrected chi connectivity index (χ4v) is 2.88. The topological polar surface area (TPSA) is 75.6 Å². The first kappa shape index (κ1) is 17.0. The Hall–Kier alpha value is -2.84. The Kier molecular flexibility index (Phi) is 4.02. The monoisotopic (exact) mass is 351 g/mol. The Balaban J connectivity index is 2.23. The van der Waals surface area contributed by atoms with E-state index in [-0.39, 0.29) is 12.5 Å². The van der Waals surface area contributed by atoms with E-state index in [0.717, 1.165) is 12.1 Å². The zero-order valence-corrected chi connectivity index (χ0v) is 13.8. The second-order valence-electron chi connectivity index (χ2n) is 5.73. The second kappa shape index (κ2) is 5.91. The number of carbonyl (C=O) groups is 1. The number of benzene rings is 1. The van der Waals surface area contributed by atoms with Crippen LogP contribution in [0.25, 0.3) is 22.0 Å². The predicted molar refractivity (Wildman–Crippen MR) is 85.9 cm³/mol. The standard InChI is InChI=1S/C16H16F3N5O/c1-8-15(9(2)24(23-8)7-14(25)20-3)11-4-10(16(17,18)19)5-13-12(11)6-21-22-13/h4-6H,7H2,1-3H3,(H,20,25)(H,21,22). The average Bonchev–Trinajstić information content (AvgIpc) is 3.11. The van der Waals surface area contributed by atoms with Crippen LogP contribution in [0, 0.1) is 13.8 Å². The number of H-pyrrole nitrogens is 1. The van der Waals surface area contributed by atoms with E-state index < -0.39 is 11.7 Å². The van der Waals surface area contributed by atoms with Gasteiger partial charge in [-0.15, -0.1) is 0 Å². The number of halogens is 3. The Morgan fingerprint density at radius 3 is 2.68 bits per heavy atom. The van der Waals surface area contributed by atoms with Crippen LogP contribution in [0.4, 0.5) is 13.2 Å². The summed E-state index contributed by atoms with van der Waals surface area (Å²) in [5.41, 5.74) is 1.64. The number of aromatic nitrogens is 4. The van der Waals surface area contributed by atoms with Crippen LogP contribution >= 0.6 is 0 Å². The molecule has 1 aromatic carbocycles. The SMILES string of the molecule is CNC(=O)Cn1nc(C)c(-c2cc(C(F)(F)F)cc3[nH]ncc23)c1C. The first-order chi connectivity index (χ1) is 11.7. The van der Waals surface area contributed by atoms with Crippen molar-refractivity contribution in [2.75, 3.05) is 7.05 Å². The van der Waals surface area contributed by atoms with Crippen molar-refractivity contribution in [3.05, 3.63) is 35.3 Å². The van der Waals surface area contributed by atoms with E-state index in [9.17, 15) is 18.0 Å². The molecule has 0 unspecified atom stereocenters. The van der Waals surface area contributed by atoms with Gasteiger partial charge in [-0.3, -0.25) is 14.6 Å². The van der Waals surface area contributed by atoms with Gasteiger partial charge < -0.3 is 5.32 Å². The molecule has 0 aliphatic rings. The van der Waals surface area contributed by atoms with Crippen molar-refractivity contribution in [3.8, 4) is 11.1 Å². The molecule has 25 heavy (non-hydrogen) atoms. The minimum Gasteiger partial charge on any atom is -0.358 e. The van der Waals surface area contributed by atoms with Crippen LogP contribution in [-0.4, -0.2) is 32.9 Å². The third-order valence-corrected chi connectivity index (χ3v) is 4.11. The van der Waals surface area contributed by atoms with Crippen molar-refractivity contribution in [1.82, 2.24) is 25.3 Å². The minimum absolute atomic E-state index is 0.00331. The molecule has 1 amide bonds. The molecule has 6 nitrogen and oxygen atoms in total. The third kappa shape index (κ3) is 2.97. The Bertz CT molecular complexity index is 955. The highest BCUT2D eigenvalue weighted by atomic mass is 19.4. The smallest absolute Gasteiger partial charge is 0.358 e. The summed E-state index contributed by atoms with van der Waals surface area (Å²) in [6.45, 7) is 3.43. The largest absolute Gasteiger partial charge is 0.416 e. The van der Waals surface area contributed by atoms with Gasteiger partial charge in [-0.1, -0.05) is 0 Å². The normalized spacial score (nSPS) is 11.9. The van der Waals surface area contributed by atoms with Gasteiger partial charge in [0.15, 0.2) is 0 Å². The van der Waals surface area contributed by atoms with Gasteiger partial charge in [0.1, 0.15) is 6.54 Å². The summed E-state index contributed by atoms with van der Waals surface area (Å²) in [5.74, 6) is -0.241. The van der Waals surface area contributed by atoms with Crippen LogP contribution in [0.2, 0.25) is 0 Å². The summed E-state index contributed by atoms with van der Waals surface area (Å²) >= 11 is 0. The minimum atomic E-state index is -4.48. The van der Waals surface area contributed by atoms with Crippen molar-refractivity contribution in [1.29, 1.82) is 0 Å². The number of nitrogens with zero attached hydrogens (tertiary/aromatic N) is 3. The average molecular weight is 351 g/mol. The van der Waals surface area contributed by atoms with Crippen LogP contribution < -0.4 is 5.32 Å². The van der Waals surface area contributed by atoms with Crippen LogP contribution in [0.15, 0.2) is 18.3 Å². The highest BCUT2D eigenvalue weighted by molar-refractivity contribution is 5.96. The van der Waals surface area contributed by atoms with Crippen LogP contribution in [0.1, 0.15) is 17.0 Å². The number of rotatable bonds is 3. The quantitative estimate of drug-likeness (QED) is 0.762. The molecule has 2 heterocycles. The third-order valence-electron chi connectivity index (χ3n) is 4.11. The maximum atomic E-state index is 13.2. The molecule has 132 valence electrons. The van der Waals surface area contributed by atoms with E-state index in [1.165, 1.54) is 17.9 Å². The molecule has 0 aliphatic carbocycles. The highest BCUT2D eigenvalue weighted by Gasteiger charge is 2.32. The van der Waals surface area contributed by atoms with Gasteiger partial charge >= 0.3 is 6.18 Å². The van der Waals surface area contributed by atoms with E-state index in [0.29, 0.717) is 33.4 Å². The van der Waals surface area contributed by atoms with Gasteiger partial charge in [0.05, 0.1) is 23.0 Å². The molecular formula is C16H16F3N5O. The number of carbonyl (C=O) groups excluding carboxylic acids is 1. The van der Waals surface area contributed by atoms with Crippen LogP contribution in [0.5, 0.6) is 0 Å². The summed E-state index contributed by atoms with van der Waals surface area (Å²) in [5, 5.41) is 13.8. The lowest BCUT2D eigenvalue weighted by Gasteiger charge is -2.11. The molecule has 0 radical (unpaired) electrons. The van der Waals surface area contributed by atoms with Gasteiger partial charge in [0, 0.05) is 23.7 Å². The fraction of sp³-hybridized carbons (Fsp3) is 0.312. The van der Waals surface area contributed by atoms with Crippen LogP contribution in [0.3, 0.4) is 0 Å². The lowest BCUT2D eigenvalue weighted by Crippen LogP contribution is -2.24. The number of hydrogen-bond donors (Lipinski definition) is 2. The van der Waals surface area contributed by atoms with Gasteiger partial charge in [0.25, 0.3) is 0 Å². The predicted octanol–water partition coefficient (Wildman–Crippen LogP) is 2.81. The van der Waals surface area contributed by atoms with E-state index in [2.05, 4.69) is 20.6 Å². The van der Waals surface area contributed by atoms with E-state index in [1.807, 2.05) is 0 Å². The number of aromatic amines is 1. The van der Waals surface area contributed by atoms with Gasteiger partial charge in [-0.2, -0.15) is 23.4 Å². The van der Waals surface area contributed by atoms with Crippen molar-refractivity contribution in [3.63, 3.8) is 0 Å². The Labute approximate surface area is 141 Å². The lowest BCUT2D eigenvalue weighted by atomic mass is 9.97. The fourth-order valence-electron chi connectivity index (χ4n) is 2.88. The Morgan fingerprint density at radius 2 is 2.04 bits per heavy atom. The summed E-state index contributed by atoms with van der Waals surface area (Å²) < 4.78 is 41.2. The van der Waals surface area contributed by atoms with Gasteiger partial charge in [0.2, 0.25) is 5.91 Å². The first-order valence-corrected chi connectivity index (χ1v) is 7.51. The highest BCUT2D eigenvalue weighted by Crippen LogP contribution is 2.38. The summed E-state index contributed by atoms with van der Waals surface area (Å²) in [7, 11) is 1.51. The number of fused-ring (bicyclic) bond motifs is 1. The van der Waals surface area contributed by atoms with Crippen molar-refractivity contribution in [2.24, 2.45) is 0 Å². The number of hydrogen-bond acceptors (Lipinski definition) is 3. The number of likely N-dealkylation sites (N-methyl/N-ethyl adjacent to an activating group) is 1. The maximum absolute atomic E-state index is 13.2. The maximum Gasteiger partial charge on any atom is 0.416 e. The first-order valence-electron chi connectivity index (χ1n) is 7.51. The van der Waals surface area contributed by atoms with Crippen molar-refractivity contribution >= 4 is 16.8 Å². The summed E-state index contributed by atoms with van der Waals surface area (Å²) in [6, 6.07) is 2.13. The van der Waals surface area contributed by atoms with Crippen molar-refractivity contribution in [2.45, 2.75) is 26.6 Å². The molecule has 3 rings (SSSR count). The zero-order valence-electron chi connectivity index (χ0n) is 13.8. The second-order valence-corrected chi connectivity index (χ2v) is 5.73. The van der Waals surface area contributed by atoms with E-state index in [1.54, 1.807) is 13.8 Å². The van der Waals surface area contributed by atoms with Crippen molar-refractivity contribution < 1.29 is 18.0 Å². The molecule has 0 atom stereocenters. The molecular weight excluding hydrogens is 335 g/mol. The molecule has 0 saturated heterocycles. The molecule has 9 heteroatoms. The molecule has 0 spiro atoms. The molecule has 0 aliphatic heterocycles. The summed E-state index contributed by atoms with van der Waals surface area (Å²) in [6.07, 6.45) is -2.99. The Morgan fingerprint density at radius 1 is 1.32 bits per heavy atom.